The molecule has 1 nitrogen and oxygen atoms in total. The molecule has 0 rings (SSSR count). The van der Waals surface area contributed by atoms with Gasteiger partial charge in [-0.3, -0.25) is 0 Å². The van der Waals surface area contributed by atoms with Crippen LogP contribution in [0.1, 0.15) is 41.5 Å². The van der Waals surface area contributed by atoms with Crippen LogP contribution >= 0.6 is 0 Å². The second-order valence-corrected chi connectivity index (χ2v) is 2.34. The number of hydrogen-bond donors (Lipinski definition) is 0. The minimum atomic E-state index is 0. The van der Waals surface area contributed by atoms with Gasteiger partial charge in [-0.1, -0.05) is 27.7 Å². The molecule has 72 valence electrons. The first-order valence-electron chi connectivity index (χ1n) is 4.24. The molecule has 0 bridgehead atoms. The van der Waals surface area contributed by atoms with Crippen molar-refractivity contribution in [3.63, 3.8) is 0 Å². The summed E-state index contributed by atoms with van der Waals surface area (Å²) in [6.07, 6.45) is 0. The van der Waals surface area contributed by atoms with E-state index in [1.54, 1.807) is 13.8 Å². The summed E-state index contributed by atoms with van der Waals surface area (Å²) in [6, 6.07) is 1.000. The van der Waals surface area contributed by atoms with Crippen LogP contribution in [0.2, 0.25) is 0 Å². The van der Waals surface area contributed by atoms with Crippen molar-refractivity contribution in [2.45, 2.75) is 53.6 Å². The summed E-state index contributed by atoms with van der Waals surface area (Å²) in [5.74, 6) is 0. The van der Waals surface area contributed by atoms with Gasteiger partial charge >= 0.3 is 17.4 Å². The Morgan fingerprint density at radius 3 is 0.917 bits per heavy atom. The van der Waals surface area contributed by atoms with Crippen molar-refractivity contribution in [3.8, 4) is 0 Å². The first-order chi connectivity index (χ1) is 5.13. The number of nitrogens with zero attached hydrogens (tertiary/aromatic N) is 1. The van der Waals surface area contributed by atoms with Crippen LogP contribution in [0.5, 0.6) is 0 Å². The van der Waals surface area contributed by atoms with Gasteiger partial charge in [0.1, 0.15) is 0 Å². The van der Waals surface area contributed by atoms with E-state index in [0.29, 0.717) is 12.1 Å². The predicted octanol–water partition coefficient (Wildman–Crippen LogP) is 3.48. The molecule has 12 heavy (non-hydrogen) atoms. The monoisotopic (exact) mass is 185 g/mol. The van der Waals surface area contributed by atoms with Crippen LogP contribution in [0.3, 0.4) is 0 Å². The van der Waals surface area contributed by atoms with Crippen molar-refractivity contribution < 1.29 is 0 Å². The molecule has 0 aromatic rings. The van der Waals surface area contributed by atoms with E-state index in [-0.39, 0.29) is 17.4 Å². The molecule has 0 radical (unpaired) electrons. The predicted molar refractivity (Wildman–Crippen MR) is 61.4 cm³/mol. The fraction of sp³-hybridized carbons (Fsp3) is 0.800. The molecule has 0 unspecified atom stereocenters. The minimum Gasteiger partial charge on any atom is -0.658 e. The molecule has 0 aromatic heterocycles. The average Bonchev–Trinajstić information content (AvgIpc) is 1.93. The maximum atomic E-state index is 4.28. The largest absolute Gasteiger partial charge is 3.00 e. The van der Waals surface area contributed by atoms with Crippen molar-refractivity contribution in [2.24, 2.45) is 0 Å². The van der Waals surface area contributed by atoms with Gasteiger partial charge in [-0.25, -0.2) is 0 Å². The molecule has 0 aliphatic rings. The standard InChI is InChI=1S/C6H14N.2C2H5.Al/c1-5(2)7-6(3)4;2*1-2;/h5-6H,1-4H3;2*1H2,2H3;/q3*-1;+3. The van der Waals surface area contributed by atoms with E-state index in [1.165, 1.54) is 0 Å². The smallest absolute Gasteiger partial charge is 0.658 e. The Kier molecular flexibility index (Phi) is 43.0. The Labute approximate surface area is 90.5 Å². The normalized spacial score (nSPS) is 7.50. The zero-order valence-corrected chi connectivity index (χ0v) is 10.7. The summed E-state index contributed by atoms with van der Waals surface area (Å²) < 4.78 is 0. The summed E-state index contributed by atoms with van der Waals surface area (Å²) in [6.45, 7) is 18.4. The number of hydrogen-bond acceptors (Lipinski definition) is 0. The second-order valence-electron chi connectivity index (χ2n) is 2.34. The quantitative estimate of drug-likeness (QED) is 0.462. The van der Waals surface area contributed by atoms with Crippen LogP contribution < -0.4 is 0 Å². The van der Waals surface area contributed by atoms with Crippen LogP contribution in [0.4, 0.5) is 0 Å². The Morgan fingerprint density at radius 2 is 0.917 bits per heavy atom. The molecule has 0 atom stereocenters. The maximum Gasteiger partial charge on any atom is 3.00 e. The summed E-state index contributed by atoms with van der Waals surface area (Å²) in [7, 11) is 0. The molecule has 0 saturated carbocycles. The third-order valence-corrected chi connectivity index (χ3v) is 0.596. The molecule has 0 aliphatic carbocycles. The molecule has 0 fully saturated rings. The first-order valence-corrected chi connectivity index (χ1v) is 4.24. The van der Waals surface area contributed by atoms with Crippen LogP contribution in [-0.2, 0) is 0 Å². The van der Waals surface area contributed by atoms with Crippen molar-refractivity contribution >= 4 is 17.4 Å². The van der Waals surface area contributed by atoms with Crippen molar-refractivity contribution in [2.75, 3.05) is 0 Å². The molecule has 0 spiro atoms. The summed E-state index contributed by atoms with van der Waals surface area (Å²) >= 11 is 0. The Morgan fingerprint density at radius 1 is 0.750 bits per heavy atom. The minimum absolute atomic E-state index is 0. The van der Waals surface area contributed by atoms with Gasteiger partial charge in [-0.2, -0.15) is 13.8 Å². The molecule has 0 amide bonds. The van der Waals surface area contributed by atoms with E-state index in [1.807, 2.05) is 0 Å². The second kappa shape index (κ2) is 22.5. The zero-order chi connectivity index (χ0) is 9.86. The van der Waals surface area contributed by atoms with Gasteiger partial charge in [0, 0.05) is 0 Å². The third kappa shape index (κ3) is 46.8. The first kappa shape index (κ1) is 22.9. The number of rotatable bonds is 2. The van der Waals surface area contributed by atoms with Crippen LogP contribution in [0.15, 0.2) is 0 Å². The van der Waals surface area contributed by atoms with Gasteiger partial charge in [0.05, 0.1) is 0 Å². The van der Waals surface area contributed by atoms with Crippen LogP contribution in [-0.4, -0.2) is 29.4 Å². The fourth-order valence-electron chi connectivity index (χ4n) is 0.596. The van der Waals surface area contributed by atoms with E-state index in [9.17, 15) is 0 Å². The van der Waals surface area contributed by atoms with E-state index in [2.05, 4.69) is 46.9 Å². The van der Waals surface area contributed by atoms with Gasteiger partial charge in [0.2, 0.25) is 0 Å². The Hall–Kier alpha value is 0.492. The maximum absolute atomic E-state index is 4.28. The van der Waals surface area contributed by atoms with Gasteiger partial charge in [0.25, 0.3) is 0 Å². The molecular weight excluding hydrogens is 161 g/mol. The molecule has 0 heterocycles. The Bertz CT molecular complexity index is 39.1. The van der Waals surface area contributed by atoms with Crippen LogP contribution in [0, 0.1) is 13.8 Å². The summed E-state index contributed by atoms with van der Waals surface area (Å²) in [4.78, 5) is 0. The summed E-state index contributed by atoms with van der Waals surface area (Å²) in [5, 5.41) is 4.28. The topological polar surface area (TPSA) is 14.1 Å². The van der Waals surface area contributed by atoms with Gasteiger partial charge < -0.3 is 19.2 Å². The van der Waals surface area contributed by atoms with Gasteiger partial charge in [0.15, 0.2) is 0 Å². The van der Waals surface area contributed by atoms with Crippen molar-refractivity contribution in [1.29, 1.82) is 0 Å². The van der Waals surface area contributed by atoms with E-state index in [4.69, 9.17) is 0 Å². The van der Waals surface area contributed by atoms with Crippen molar-refractivity contribution in [1.82, 2.24) is 0 Å². The Balaban J connectivity index is -0.0000000560. The molecule has 0 N–H and O–H groups in total. The molecule has 0 aromatic carbocycles. The van der Waals surface area contributed by atoms with E-state index >= 15 is 0 Å². The third-order valence-electron chi connectivity index (χ3n) is 0.596. The fourth-order valence-corrected chi connectivity index (χ4v) is 0.596. The van der Waals surface area contributed by atoms with E-state index in [0.717, 1.165) is 0 Å². The van der Waals surface area contributed by atoms with Gasteiger partial charge in [-0.15, -0.1) is 12.1 Å². The van der Waals surface area contributed by atoms with Gasteiger partial charge in [-0.05, 0) is 0 Å². The molecule has 0 saturated heterocycles. The van der Waals surface area contributed by atoms with Crippen LogP contribution in [0.25, 0.3) is 5.32 Å². The molecule has 2 heteroatoms. The SMILES string of the molecule is CC(C)[N-]C(C)C.[Al+3].[CH2-]C.[CH2-]C. The zero-order valence-electron chi connectivity index (χ0n) is 9.59. The molecular formula is C10H24AlN. The summed E-state index contributed by atoms with van der Waals surface area (Å²) in [5.41, 5.74) is 0. The average molecular weight is 185 g/mol. The molecule has 0 aliphatic heterocycles. The van der Waals surface area contributed by atoms with Crippen molar-refractivity contribution in [3.05, 3.63) is 19.2 Å². The van der Waals surface area contributed by atoms with E-state index < -0.39 is 0 Å².